The van der Waals surface area contributed by atoms with Gasteiger partial charge in [0.1, 0.15) is 5.82 Å². The zero-order valence-electron chi connectivity index (χ0n) is 9.81. The standard InChI is InChI=1S/C12H13FN2O3/c1-7-2-3-9(13)4-10(7)14-12(18)15-5-8(6-15)11(16)17/h2-4,8H,5-6H2,1H3,(H,14,18)(H,16,17). The number of rotatable bonds is 2. The highest BCUT2D eigenvalue weighted by atomic mass is 19.1. The number of carbonyl (C=O) groups is 2. The molecule has 18 heavy (non-hydrogen) atoms. The van der Waals surface area contributed by atoms with E-state index in [1.807, 2.05) is 0 Å². The summed E-state index contributed by atoms with van der Waals surface area (Å²) < 4.78 is 13.0. The molecular weight excluding hydrogens is 239 g/mol. The fourth-order valence-corrected chi connectivity index (χ4v) is 1.72. The highest BCUT2D eigenvalue weighted by Gasteiger charge is 2.35. The van der Waals surface area contributed by atoms with E-state index < -0.39 is 23.7 Å². The van der Waals surface area contributed by atoms with Crippen molar-refractivity contribution in [1.29, 1.82) is 0 Å². The molecule has 1 aromatic rings. The maximum Gasteiger partial charge on any atom is 0.321 e. The Bertz CT molecular complexity index is 498. The molecule has 0 spiro atoms. The van der Waals surface area contributed by atoms with Gasteiger partial charge in [-0.1, -0.05) is 6.07 Å². The Morgan fingerprint density at radius 2 is 2.11 bits per heavy atom. The number of amides is 2. The molecule has 0 bridgehead atoms. The number of likely N-dealkylation sites (tertiary alicyclic amines) is 1. The van der Waals surface area contributed by atoms with Crippen molar-refractivity contribution in [2.75, 3.05) is 18.4 Å². The van der Waals surface area contributed by atoms with Crippen LogP contribution < -0.4 is 5.32 Å². The summed E-state index contributed by atoms with van der Waals surface area (Å²) in [6, 6.07) is 3.72. The Morgan fingerprint density at radius 3 is 2.72 bits per heavy atom. The van der Waals surface area contributed by atoms with Gasteiger partial charge in [0, 0.05) is 18.8 Å². The van der Waals surface area contributed by atoms with E-state index in [1.165, 1.54) is 17.0 Å². The van der Waals surface area contributed by atoms with Crippen molar-refractivity contribution in [2.45, 2.75) is 6.92 Å². The van der Waals surface area contributed by atoms with Crippen molar-refractivity contribution in [1.82, 2.24) is 4.90 Å². The first kappa shape index (κ1) is 12.3. The van der Waals surface area contributed by atoms with Gasteiger partial charge in [0.15, 0.2) is 0 Å². The maximum atomic E-state index is 13.0. The lowest BCUT2D eigenvalue weighted by atomic mass is 10.0. The summed E-state index contributed by atoms with van der Waals surface area (Å²) >= 11 is 0. The van der Waals surface area contributed by atoms with E-state index in [0.29, 0.717) is 5.69 Å². The molecule has 0 atom stereocenters. The van der Waals surface area contributed by atoms with Crippen LogP contribution in [0.15, 0.2) is 18.2 Å². The fraction of sp³-hybridized carbons (Fsp3) is 0.333. The number of nitrogens with one attached hydrogen (secondary N) is 1. The lowest BCUT2D eigenvalue weighted by Crippen LogP contribution is -2.54. The summed E-state index contributed by atoms with van der Waals surface area (Å²) in [5.41, 5.74) is 1.15. The van der Waals surface area contributed by atoms with Gasteiger partial charge in [-0.25, -0.2) is 9.18 Å². The number of carboxylic acid groups (broad SMARTS) is 1. The van der Waals surface area contributed by atoms with Crippen molar-refractivity contribution >= 4 is 17.7 Å². The minimum Gasteiger partial charge on any atom is -0.481 e. The molecule has 1 heterocycles. The molecule has 6 heteroatoms. The molecule has 0 unspecified atom stereocenters. The zero-order valence-corrected chi connectivity index (χ0v) is 9.81. The average Bonchev–Trinajstić information content (AvgIpc) is 2.20. The van der Waals surface area contributed by atoms with E-state index in [-0.39, 0.29) is 13.1 Å². The van der Waals surface area contributed by atoms with Crippen molar-refractivity contribution < 1.29 is 19.1 Å². The van der Waals surface area contributed by atoms with Crippen molar-refractivity contribution in [3.05, 3.63) is 29.6 Å². The molecule has 5 nitrogen and oxygen atoms in total. The number of carbonyl (C=O) groups excluding carboxylic acids is 1. The van der Waals surface area contributed by atoms with Gasteiger partial charge in [0.05, 0.1) is 5.92 Å². The highest BCUT2D eigenvalue weighted by Crippen LogP contribution is 2.20. The molecule has 2 N–H and O–H groups in total. The Hall–Kier alpha value is -2.11. The molecule has 1 fully saturated rings. The summed E-state index contributed by atoms with van der Waals surface area (Å²) in [6.07, 6.45) is 0. The normalized spacial score (nSPS) is 15.1. The molecule has 0 aliphatic carbocycles. The molecule has 1 aliphatic rings. The molecule has 1 aromatic carbocycles. The number of hydrogen-bond donors (Lipinski definition) is 2. The van der Waals surface area contributed by atoms with Crippen LogP contribution in [0.25, 0.3) is 0 Å². The van der Waals surface area contributed by atoms with Crippen LogP contribution >= 0.6 is 0 Å². The first-order valence-electron chi connectivity index (χ1n) is 5.52. The Balaban J connectivity index is 1.96. The minimum atomic E-state index is -0.902. The summed E-state index contributed by atoms with van der Waals surface area (Å²) in [4.78, 5) is 23.7. The van der Waals surface area contributed by atoms with E-state index in [4.69, 9.17) is 5.11 Å². The lowest BCUT2D eigenvalue weighted by molar-refractivity contribution is -0.145. The maximum absolute atomic E-state index is 13.0. The summed E-state index contributed by atoms with van der Waals surface area (Å²) in [6.45, 7) is 2.14. The van der Waals surface area contributed by atoms with Gasteiger partial charge >= 0.3 is 12.0 Å². The van der Waals surface area contributed by atoms with Crippen LogP contribution in [0, 0.1) is 18.7 Å². The molecule has 1 saturated heterocycles. The molecular formula is C12H13FN2O3. The zero-order chi connectivity index (χ0) is 13.3. The smallest absolute Gasteiger partial charge is 0.321 e. The minimum absolute atomic E-state index is 0.190. The number of benzene rings is 1. The second-order valence-electron chi connectivity index (χ2n) is 4.33. The van der Waals surface area contributed by atoms with Crippen LogP contribution in [0.1, 0.15) is 5.56 Å². The van der Waals surface area contributed by atoms with Crippen LogP contribution in [-0.4, -0.2) is 35.1 Å². The Morgan fingerprint density at radius 1 is 1.44 bits per heavy atom. The third-order valence-corrected chi connectivity index (χ3v) is 2.96. The van der Waals surface area contributed by atoms with Crippen LogP contribution in [0.2, 0.25) is 0 Å². The number of halogens is 1. The Labute approximate surface area is 103 Å². The Kier molecular flexibility index (Phi) is 3.18. The number of urea groups is 1. The van der Waals surface area contributed by atoms with Gasteiger partial charge in [-0.2, -0.15) is 0 Å². The van der Waals surface area contributed by atoms with Gasteiger partial charge < -0.3 is 15.3 Å². The molecule has 0 aromatic heterocycles. The van der Waals surface area contributed by atoms with Crippen LogP contribution in [0.5, 0.6) is 0 Å². The second kappa shape index (κ2) is 4.64. The summed E-state index contributed by atoms with van der Waals surface area (Å²) in [5.74, 6) is -1.83. The van der Waals surface area contributed by atoms with E-state index in [1.54, 1.807) is 13.0 Å². The van der Waals surface area contributed by atoms with E-state index >= 15 is 0 Å². The summed E-state index contributed by atoms with van der Waals surface area (Å²) in [7, 11) is 0. The quantitative estimate of drug-likeness (QED) is 0.841. The highest BCUT2D eigenvalue weighted by molar-refractivity contribution is 5.91. The van der Waals surface area contributed by atoms with Gasteiger partial charge in [-0.05, 0) is 24.6 Å². The van der Waals surface area contributed by atoms with Gasteiger partial charge in [-0.15, -0.1) is 0 Å². The topological polar surface area (TPSA) is 69.6 Å². The number of nitrogens with zero attached hydrogens (tertiary/aromatic N) is 1. The first-order valence-corrected chi connectivity index (χ1v) is 5.52. The monoisotopic (exact) mass is 252 g/mol. The van der Waals surface area contributed by atoms with Crippen LogP contribution in [0.3, 0.4) is 0 Å². The number of anilines is 1. The third-order valence-electron chi connectivity index (χ3n) is 2.96. The lowest BCUT2D eigenvalue weighted by Gasteiger charge is -2.36. The predicted molar refractivity (Wildman–Crippen MR) is 62.9 cm³/mol. The van der Waals surface area contributed by atoms with E-state index in [9.17, 15) is 14.0 Å². The van der Waals surface area contributed by atoms with Crippen molar-refractivity contribution in [2.24, 2.45) is 5.92 Å². The van der Waals surface area contributed by atoms with Crippen LogP contribution in [-0.2, 0) is 4.79 Å². The molecule has 0 radical (unpaired) electrons. The molecule has 96 valence electrons. The number of aliphatic carboxylic acids is 1. The van der Waals surface area contributed by atoms with E-state index in [2.05, 4.69) is 5.32 Å². The number of carboxylic acids is 1. The largest absolute Gasteiger partial charge is 0.481 e. The van der Waals surface area contributed by atoms with Crippen molar-refractivity contribution in [3.8, 4) is 0 Å². The van der Waals surface area contributed by atoms with E-state index in [0.717, 1.165) is 5.56 Å². The predicted octanol–water partition coefficient (Wildman–Crippen LogP) is 1.68. The molecule has 2 amide bonds. The molecule has 0 saturated carbocycles. The van der Waals surface area contributed by atoms with Gasteiger partial charge in [0.25, 0.3) is 0 Å². The number of hydrogen-bond acceptors (Lipinski definition) is 2. The molecule has 1 aliphatic heterocycles. The van der Waals surface area contributed by atoms with Gasteiger partial charge in [0.2, 0.25) is 0 Å². The SMILES string of the molecule is Cc1ccc(F)cc1NC(=O)N1CC(C(=O)O)C1. The van der Waals surface area contributed by atoms with Crippen LogP contribution in [0.4, 0.5) is 14.9 Å². The van der Waals surface area contributed by atoms with Crippen molar-refractivity contribution in [3.63, 3.8) is 0 Å². The fourth-order valence-electron chi connectivity index (χ4n) is 1.72. The second-order valence-corrected chi connectivity index (χ2v) is 4.33. The summed E-state index contributed by atoms with van der Waals surface area (Å²) in [5, 5.41) is 11.3. The average molecular weight is 252 g/mol. The number of aryl methyl sites for hydroxylation is 1. The first-order chi connectivity index (χ1) is 8.47. The third kappa shape index (κ3) is 2.42. The van der Waals surface area contributed by atoms with Gasteiger partial charge in [-0.3, -0.25) is 4.79 Å². The molecule has 2 rings (SSSR count).